The van der Waals surface area contributed by atoms with Crippen molar-refractivity contribution in [2.45, 2.75) is 38.7 Å². The Morgan fingerprint density at radius 2 is 1.85 bits per heavy atom. The average Bonchev–Trinajstić information content (AvgIpc) is 2.66. The van der Waals surface area contributed by atoms with Gasteiger partial charge in [-0.25, -0.2) is 4.79 Å². The Labute approximate surface area is 151 Å². The normalized spacial score (nSPS) is 17.4. The summed E-state index contributed by atoms with van der Waals surface area (Å²) >= 11 is 0. The molecule has 3 aromatic rings. The SMILES string of the molecule is Cc1c(OC2CCCCC2=O)ccc2c(-c3ccccc3)cc(=O)oc12. The molecule has 1 aromatic heterocycles. The Bertz CT molecular complexity index is 1020. The fraction of sp³-hybridized carbons (Fsp3) is 0.273. The van der Waals surface area contributed by atoms with Gasteiger partial charge in [-0.05, 0) is 49.4 Å². The van der Waals surface area contributed by atoms with Gasteiger partial charge in [0.2, 0.25) is 0 Å². The molecule has 1 heterocycles. The first-order valence-electron chi connectivity index (χ1n) is 8.96. The number of carbonyl (C=O) groups excluding carboxylic acids is 1. The van der Waals surface area contributed by atoms with Gasteiger partial charge in [0.05, 0.1) is 0 Å². The highest BCUT2D eigenvalue weighted by Crippen LogP contribution is 2.34. The van der Waals surface area contributed by atoms with E-state index in [1.807, 2.05) is 49.4 Å². The van der Waals surface area contributed by atoms with Crippen LogP contribution in [0.3, 0.4) is 0 Å². The topological polar surface area (TPSA) is 56.5 Å². The summed E-state index contributed by atoms with van der Waals surface area (Å²) in [5.74, 6) is 0.751. The van der Waals surface area contributed by atoms with Crippen molar-refractivity contribution in [1.29, 1.82) is 0 Å². The summed E-state index contributed by atoms with van der Waals surface area (Å²) in [7, 11) is 0. The summed E-state index contributed by atoms with van der Waals surface area (Å²) in [5.41, 5.74) is 2.65. The van der Waals surface area contributed by atoms with Crippen molar-refractivity contribution in [2.75, 3.05) is 0 Å². The van der Waals surface area contributed by atoms with Gasteiger partial charge in [-0.2, -0.15) is 0 Å². The number of ketones is 1. The van der Waals surface area contributed by atoms with Gasteiger partial charge in [-0.15, -0.1) is 0 Å². The molecule has 26 heavy (non-hydrogen) atoms. The van der Waals surface area contributed by atoms with Crippen LogP contribution in [0.1, 0.15) is 31.2 Å². The van der Waals surface area contributed by atoms with Crippen LogP contribution >= 0.6 is 0 Å². The zero-order valence-electron chi connectivity index (χ0n) is 14.7. The third kappa shape index (κ3) is 3.03. The Hall–Kier alpha value is -2.88. The summed E-state index contributed by atoms with van der Waals surface area (Å²) in [6, 6.07) is 15.0. The number of hydrogen-bond donors (Lipinski definition) is 0. The molecule has 0 amide bonds. The van der Waals surface area contributed by atoms with Crippen LogP contribution in [0.25, 0.3) is 22.1 Å². The summed E-state index contributed by atoms with van der Waals surface area (Å²) in [5, 5.41) is 0.857. The van der Waals surface area contributed by atoms with Gasteiger partial charge in [0.15, 0.2) is 11.9 Å². The summed E-state index contributed by atoms with van der Waals surface area (Å²) < 4.78 is 11.5. The molecule has 0 N–H and O–H groups in total. The minimum Gasteiger partial charge on any atom is -0.482 e. The first kappa shape index (κ1) is 16.6. The van der Waals surface area contributed by atoms with Crippen LogP contribution in [0.15, 0.2) is 57.7 Å². The van der Waals surface area contributed by atoms with E-state index in [2.05, 4.69) is 0 Å². The predicted molar refractivity (Wildman–Crippen MR) is 101 cm³/mol. The molecule has 0 aliphatic heterocycles. The molecule has 4 heteroatoms. The summed E-state index contributed by atoms with van der Waals surface area (Å²) in [6.45, 7) is 1.86. The molecular formula is C22H20O4. The van der Waals surface area contributed by atoms with Gasteiger partial charge in [-0.3, -0.25) is 4.79 Å². The van der Waals surface area contributed by atoms with Gasteiger partial charge < -0.3 is 9.15 Å². The first-order chi connectivity index (χ1) is 12.6. The van der Waals surface area contributed by atoms with E-state index in [0.717, 1.165) is 41.3 Å². The summed E-state index contributed by atoms with van der Waals surface area (Å²) in [4.78, 5) is 24.2. The summed E-state index contributed by atoms with van der Waals surface area (Å²) in [6.07, 6.45) is 2.85. The first-order valence-corrected chi connectivity index (χ1v) is 8.96. The molecule has 1 unspecified atom stereocenters. The maximum absolute atomic E-state index is 12.1. The highest BCUT2D eigenvalue weighted by atomic mass is 16.5. The van der Waals surface area contributed by atoms with Crippen molar-refractivity contribution in [3.63, 3.8) is 0 Å². The van der Waals surface area contributed by atoms with Crippen LogP contribution in [-0.2, 0) is 4.79 Å². The smallest absolute Gasteiger partial charge is 0.336 e. The monoisotopic (exact) mass is 348 g/mol. The number of benzene rings is 2. The highest BCUT2D eigenvalue weighted by molar-refractivity contribution is 5.95. The van der Waals surface area contributed by atoms with E-state index in [9.17, 15) is 9.59 Å². The molecule has 1 atom stereocenters. The molecule has 1 aliphatic rings. The number of carbonyl (C=O) groups is 1. The number of fused-ring (bicyclic) bond motifs is 1. The van der Waals surface area contributed by atoms with Gasteiger partial charge in [0.25, 0.3) is 0 Å². The molecule has 1 aliphatic carbocycles. The van der Waals surface area contributed by atoms with Crippen LogP contribution in [0.2, 0.25) is 0 Å². The van der Waals surface area contributed by atoms with Crippen LogP contribution in [0.4, 0.5) is 0 Å². The lowest BCUT2D eigenvalue weighted by Gasteiger charge is -2.23. The third-order valence-corrected chi connectivity index (χ3v) is 4.96. The minimum atomic E-state index is -0.399. The molecule has 0 spiro atoms. The second-order valence-corrected chi connectivity index (χ2v) is 6.73. The Morgan fingerprint density at radius 1 is 1.04 bits per heavy atom. The quantitative estimate of drug-likeness (QED) is 0.646. The maximum atomic E-state index is 12.1. The Morgan fingerprint density at radius 3 is 2.62 bits per heavy atom. The van der Waals surface area contributed by atoms with Crippen molar-refractivity contribution < 1.29 is 13.9 Å². The number of aryl methyl sites for hydroxylation is 1. The van der Waals surface area contributed by atoms with Crippen LogP contribution < -0.4 is 10.4 Å². The molecule has 2 aromatic carbocycles. The molecule has 4 rings (SSSR count). The van der Waals surface area contributed by atoms with Crippen molar-refractivity contribution in [1.82, 2.24) is 0 Å². The zero-order chi connectivity index (χ0) is 18.1. The largest absolute Gasteiger partial charge is 0.482 e. The van der Waals surface area contributed by atoms with E-state index in [1.165, 1.54) is 6.07 Å². The van der Waals surface area contributed by atoms with Crippen LogP contribution in [0.5, 0.6) is 5.75 Å². The van der Waals surface area contributed by atoms with E-state index in [4.69, 9.17) is 9.15 Å². The number of rotatable bonds is 3. The van der Waals surface area contributed by atoms with Gasteiger partial charge in [0.1, 0.15) is 11.3 Å². The minimum absolute atomic E-state index is 0.148. The molecule has 0 saturated heterocycles. The van der Waals surface area contributed by atoms with Crippen molar-refractivity contribution in [3.8, 4) is 16.9 Å². The van der Waals surface area contributed by atoms with Gasteiger partial charge in [-0.1, -0.05) is 30.3 Å². The standard InChI is InChI=1S/C22H20O4/c1-14-19(25-20-10-6-5-9-18(20)23)12-11-16-17(13-21(24)26-22(14)16)15-7-3-2-4-8-15/h2-4,7-8,11-13,20H,5-6,9-10H2,1H3. The lowest BCUT2D eigenvalue weighted by molar-refractivity contribution is -0.127. The maximum Gasteiger partial charge on any atom is 0.336 e. The second-order valence-electron chi connectivity index (χ2n) is 6.73. The third-order valence-electron chi connectivity index (χ3n) is 4.96. The van der Waals surface area contributed by atoms with Crippen molar-refractivity contribution in [3.05, 3.63) is 64.5 Å². The molecule has 4 nitrogen and oxygen atoms in total. The van der Waals surface area contributed by atoms with E-state index in [-0.39, 0.29) is 5.78 Å². The van der Waals surface area contributed by atoms with Crippen molar-refractivity contribution in [2.24, 2.45) is 0 Å². The van der Waals surface area contributed by atoms with Crippen molar-refractivity contribution >= 4 is 16.8 Å². The molecule has 132 valence electrons. The number of Topliss-reactive ketones (excluding diaryl/α,β-unsaturated/α-hetero) is 1. The fourth-order valence-corrected chi connectivity index (χ4v) is 3.56. The van der Waals surface area contributed by atoms with Crippen LogP contribution in [-0.4, -0.2) is 11.9 Å². The lowest BCUT2D eigenvalue weighted by Crippen LogP contribution is -2.30. The number of hydrogen-bond acceptors (Lipinski definition) is 4. The molecule has 1 fully saturated rings. The second kappa shape index (κ2) is 6.79. The van der Waals surface area contributed by atoms with E-state index in [0.29, 0.717) is 17.8 Å². The average molecular weight is 348 g/mol. The molecule has 0 radical (unpaired) electrons. The Balaban J connectivity index is 1.81. The van der Waals surface area contributed by atoms with E-state index < -0.39 is 11.7 Å². The fourth-order valence-electron chi connectivity index (χ4n) is 3.56. The number of ether oxygens (including phenoxy) is 1. The predicted octanol–water partition coefficient (Wildman–Crippen LogP) is 4.66. The highest BCUT2D eigenvalue weighted by Gasteiger charge is 2.25. The Kier molecular flexibility index (Phi) is 4.33. The lowest BCUT2D eigenvalue weighted by atomic mass is 9.96. The van der Waals surface area contributed by atoms with Gasteiger partial charge >= 0.3 is 5.63 Å². The van der Waals surface area contributed by atoms with Gasteiger partial charge in [0, 0.05) is 23.4 Å². The van der Waals surface area contributed by atoms with E-state index in [1.54, 1.807) is 0 Å². The molecule has 1 saturated carbocycles. The van der Waals surface area contributed by atoms with E-state index >= 15 is 0 Å². The molecule has 0 bridgehead atoms. The zero-order valence-corrected chi connectivity index (χ0v) is 14.7. The van der Waals surface area contributed by atoms with Crippen LogP contribution in [0, 0.1) is 6.92 Å². The molecular weight excluding hydrogens is 328 g/mol.